The summed E-state index contributed by atoms with van der Waals surface area (Å²) in [6.45, 7) is 5.18. The average Bonchev–Trinajstić information content (AvgIpc) is 2.62. The minimum Gasteiger partial charge on any atom is -0.497 e. The minimum atomic E-state index is -1.03. The second-order valence-corrected chi connectivity index (χ2v) is 5.95. The Morgan fingerprint density at radius 1 is 0.957 bits per heavy atom. The van der Waals surface area contributed by atoms with Crippen molar-refractivity contribution >= 4 is 5.69 Å². The van der Waals surface area contributed by atoms with E-state index in [2.05, 4.69) is 17.0 Å². The van der Waals surface area contributed by atoms with Gasteiger partial charge in [-0.1, -0.05) is 24.3 Å². The van der Waals surface area contributed by atoms with Crippen molar-refractivity contribution in [3.05, 3.63) is 59.7 Å². The van der Waals surface area contributed by atoms with E-state index in [1.807, 2.05) is 43.3 Å². The molecular weight excluding hydrogens is 290 g/mol. The highest BCUT2D eigenvalue weighted by atomic mass is 16.5. The predicted octanol–water partition coefficient (Wildman–Crippen LogP) is 2.79. The van der Waals surface area contributed by atoms with Crippen LogP contribution in [0.15, 0.2) is 48.5 Å². The first kappa shape index (κ1) is 15.8. The summed E-state index contributed by atoms with van der Waals surface area (Å²) in [5.41, 5.74) is 1.86. The summed E-state index contributed by atoms with van der Waals surface area (Å²) in [4.78, 5) is 2.30. The van der Waals surface area contributed by atoms with Crippen LogP contribution in [0.1, 0.15) is 18.1 Å². The van der Waals surface area contributed by atoms with Crippen LogP contribution < -0.4 is 9.64 Å². The first-order valence-electron chi connectivity index (χ1n) is 7.91. The third-order valence-corrected chi connectivity index (χ3v) is 4.46. The average molecular weight is 313 g/mol. The zero-order chi connectivity index (χ0) is 16.3. The van der Waals surface area contributed by atoms with Gasteiger partial charge in [-0.25, -0.2) is 0 Å². The zero-order valence-electron chi connectivity index (χ0n) is 13.7. The van der Waals surface area contributed by atoms with Crippen LogP contribution in [0, 0.1) is 0 Å². The molecule has 2 aromatic carbocycles. The fourth-order valence-electron chi connectivity index (χ4n) is 2.90. The van der Waals surface area contributed by atoms with Crippen LogP contribution in [0.5, 0.6) is 5.75 Å². The molecule has 1 aliphatic heterocycles. The molecule has 0 amide bonds. The van der Waals surface area contributed by atoms with Gasteiger partial charge in [0.25, 0.3) is 0 Å². The van der Waals surface area contributed by atoms with Crippen LogP contribution in [-0.2, 0) is 10.3 Å². The van der Waals surface area contributed by atoms with Crippen molar-refractivity contribution in [2.75, 3.05) is 38.3 Å². The topological polar surface area (TPSA) is 41.9 Å². The van der Waals surface area contributed by atoms with Gasteiger partial charge in [-0.05, 0) is 42.3 Å². The molecule has 122 valence electrons. The molecular formula is C19H23NO3. The summed E-state index contributed by atoms with van der Waals surface area (Å²) >= 11 is 0. The van der Waals surface area contributed by atoms with Gasteiger partial charge in [-0.15, -0.1) is 0 Å². The third-order valence-electron chi connectivity index (χ3n) is 4.46. The number of aliphatic hydroxyl groups is 1. The summed E-state index contributed by atoms with van der Waals surface area (Å²) in [6.07, 6.45) is 0. The molecule has 0 aliphatic carbocycles. The fraction of sp³-hybridized carbons (Fsp3) is 0.368. The maximum Gasteiger partial charge on any atom is 0.118 e. The van der Waals surface area contributed by atoms with Crippen molar-refractivity contribution < 1.29 is 14.6 Å². The van der Waals surface area contributed by atoms with Gasteiger partial charge in [0.05, 0.1) is 20.3 Å². The lowest BCUT2D eigenvalue weighted by Gasteiger charge is -2.30. The molecule has 1 heterocycles. The van der Waals surface area contributed by atoms with Gasteiger partial charge in [0.1, 0.15) is 11.4 Å². The Kier molecular flexibility index (Phi) is 4.55. The van der Waals surface area contributed by atoms with Crippen molar-refractivity contribution in [2.24, 2.45) is 0 Å². The molecule has 4 nitrogen and oxygen atoms in total. The molecule has 3 rings (SSSR count). The van der Waals surface area contributed by atoms with E-state index in [-0.39, 0.29) is 0 Å². The Bertz CT molecular complexity index is 629. The molecule has 0 bridgehead atoms. The van der Waals surface area contributed by atoms with E-state index in [0.717, 1.165) is 43.2 Å². The van der Waals surface area contributed by atoms with Crippen LogP contribution in [0.25, 0.3) is 0 Å². The molecule has 0 radical (unpaired) electrons. The van der Waals surface area contributed by atoms with Crippen LogP contribution in [-0.4, -0.2) is 38.5 Å². The molecule has 0 aromatic heterocycles. The highest BCUT2D eigenvalue weighted by Gasteiger charge is 2.25. The van der Waals surface area contributed by atoms with Gasteiger partial charge in [-0.2, -0.15) is 0 Å². The van der Waals surface area contributed by atoms with Gasteiger partial charge >= 0.3 is 0 Å². The fourth-order valence-corrected chi connectivity index (χ4v) is 2.90. The Hall–Kier alpha value is -2.04. The highest BCUT2D eigenvalue weighted by molar-refractivity contribution is 5.50. The SMILES string of the molecule is COc1ccc(C(C)(O)c2ccc(N3CCOCC3)cc2)cc1. The van der Waals surface area contributed by atoms with Gasteiger partial charge < -0.3 is 19.5 Å². The number of benzene rings is 2. The maximum atomic E-state index is 10.9. The van der Waals surface area contributed by atoms with Crippen LogP contribution in [0.4, 0.5) is 5.69 Å². The summed E-state index contributed by atoms with van der Waals surface area (Å²) in [6, 6.07) is 15.7. The third kappa shape index (κ3) is 3.33. The first-order valence-corrected chi connectivity index (χ1v) is 7.91. The monoisotopic (exact) mass is 313 g/mol. The van der Waals surface area contributed by atoms with Crippen molar-refractivity contribution in [3.63, 3.8) is 0 Å². The Labute approximate surface area is 137 Å². The molecule has 2 aromatic rings. The minimum absolute atomic E-state index is 0.769. The summed E-state index contributed by atoms with van der Waals surface area (Å²) in [5.74, 6) is 0.784. The number of rotatable bonds is 4. The molecule has 1 unspecified atom stereocenters. The number of ether oxygens (including phenoxy) is 2. The molecule has 1 atom stereocenters. The molecule has 1 saturated heterocycles. The van der Waals surface area contributed by atoms with Crippen LogP contribution >= 0.6 is 0 Å². The zero-order valence-corrected chi connectivity index (χ0v) is 13.7. The number of hydrogen-bond acceptors (Lipinski definition) is 4. The number of morpholine rings is 1. The van der Waals surface area contributed by atoms with E-state index in [4.69, 9.17) is 9.47 Å². The van der Waals surface area contributed by atoms with E-state index in [0.29, 0.717) is 0 Å². The largest absolute Gasteiger partial charge is 0.497 e. The number of methoxy groups -OCH3 is 1. The van der Waals surface area contributed by atoms with Crippen molar-refractivity contribution in [1.29, 1.82) is 0 Å². The van der Waals surface area contributed by atoms with Gasteiger partial charge in [0, 0.05) is 18.8 Å². The lowest BCUT2D eigenvalue weighted by atomic mass is 9.88. The van der Waals surface area contributed by atoms with Crippen molar-refractivity contribution in [1.82, 2.24) is 0 Å². The number of hydrogen-bond donors (Lipinski definition) is 1. The second-order valence-electron chi connectivity index (χ2n) is 5.95. The molecule has 0 spiro atoms. The van der Waals surface area contributed by atoms with Gasteiger partial charge in [-0.3, -0.25) is 0 Å². The Morgan fingerprint density at radius 2 is 1.48 bits per heavy atom. The molecule has 0 saturated carbocycles. The van der Waals surface area contributed by atoms with E-state index in [9.17, 15) is 5.11 Å². The maximum absolute atomic E-state index is 10.9. The quantitative estimate of drug-likeness (QED) is 0.942. The summed E-state index contributed by atoms with van der Waals surface area (Å²) < 4.78 is 10.6. The molecule has 23 heavy (non-hydrogen) atoms. The summed E-state index contributed by atoms with van der Waals surface area (Å²) in [7, 11) is 1.64. The summed E-state index contributed by atoms with van der Waals surface area (Å²) in [5, 5.41) is 10.9. The van der Waals surface area contributed by atoms with Crippen molar-refractivity contribution in [3.8, 4) is 5.75 Å². The number of nitrogens with zero attached hydrogens (tertiary/aromatic N) is 1. The molecule has 1 fully saturated rings. The normalized spacial score (nSPS) is 17.6. The number of anilines is 1. The van der Waals surface area contributed by atoms with E-state index in [1.165, 1.54) is 5.69 Å². The second kappa shape index (κ2) is 6.60. The van der Waals surface area contributed by atoms with E-state index in [1.54, 1.807) is 7.11 Å². The molecule has 4 heteroatoms. The lowest BCUT2D eigenvalue weighted by molar-refractivity contribution is 0.102. The molecule has 1 aliphatic rings. The lowest BCUT2D eigenvalue weighted by Crippen LogP contribution is -2.36. The Morgan fingerprint density at radius 3 is 2.00 bits per heavy atom. The van der Waals surface area contributed by atoms with Crippen LogP contribution in [0.3, 0.4) is 0 Å². The van der Waals surface area contributed by atoms with Gasteiger partial charge in [0.15, 0.2) is 0 Å². The Balaban J connectivity index is 1.81. The molecule has 1 N–H and O–H groups in total. The first-order chi connectivity index (χ1) is 11.1. The van der Waals surface area contributed by atoms with Gasteiger partial charge in [0.2, 0.25) is 0 Å². The standard InChI is InChI=1S/C19H23NO3/c1-19(21,16-5-9-18(22-2)10-6-16)15-3-7-17(8-4-15)20-11-13-23-14-12-20/h3-10,21H,11-14H2,1-2H3. The predicted molar refractivity (Wildman–Crippen MR) is 91.1 cm³/mol. The van der Waals surface area contributed by atoms with Crippen molar-refractivity contribution in [2.45, 2.75) is 12.5 Å². The smallest absolute Gasteiger partial charge is 0.118 e. The van der Waals surface area contributed by atoms with E-state index >= 15 is 0 Å². The van der Waals surface area contributed by atoms with Crippen LogP contribution in [0.2, 0.25) is 0 Å². The van der Waals surface area contributed by atoms with E-state index < -0.39 is 5.60 Å². The highest BCUT2D eigenvalue weighted by Crippen LogP contribution is 2.31.